The van der Waals surface area contributed by atoms with Crippen LogP contribution in [-0.4, -0.2) is 55.3 Å². The van der Waals surface area contributed by atoms with E-state index in [1.807, 2.05) is 24.3 Å². The van der Waals surface area contributed by atoms with E-state index in [2.05, 4.69) is 22.4 Å². The molecule has 1 unspecified atom stereocenters. The zero-order valence-corrected chi connectivity index (χ0v) is 15.6. The van der Waals surface area contributed by atoms with E-state index in [-0.39, 0.29) is 23.5 Å². The van der Waals surface area contributed by atoms with Crippen LogP contribution in [0.2, 0.25) is 0 Å². The van der Waals surface area contributed by atoms with E-state index < -0.39 is 9.84 Å². The lowest BCUT2D eigenvalue weighted by atomic mass is 10.1. The zero-order chi connectivity index (χ0) is 18.6. The highest BCUT2D eigenvalue weighted by Gasteiger charge is 2.33. The van der Waals surface area contributed by atoms with Crippen molar-refractivity contribution < 1.29 is 13.2 Å². The average molecular weight is 373 g/mol. The van der Waals surface area contributed by atoms with Crippen molar-refractivity contribution >= 4 is 21.4 Å². The number of sulfone groups is 1. The van der Waals surface area contributed by atoms with E-state index in [0.717, 1.165) is 18.7 Å². The Kier molecular flexibility index (Phi) is 5.56. The van der Waals surface area contributed by atoms with Crippen molar-refractivity contribution in [2.45, 2.75) is 18.9 Å². The fraction of sp³-hybridized carbons (Fsp3) is 0.368. The molecule has 2 aromatic rings. The number of nitrogens with one attached hydrogen (secondary N) is 1. The summed E-state index contributed by atoms with van der Waals surface area (Å²) >= 11 is 0. The van der Waals surface area contributed by atoms with Crippen molar-refractivity contribution in [2.24, 2.45) is 0 Å². The number of carbonyl (C=O) groups excluding carboxylic acids is 1. The maximum atomic E-state index is 12.5. The number of nitrogens with zero attached hydrogens (tertiary/aromatic N) is 2. The number of pyridine rings is 1. The molecule has 3 rings (SSSR count). The molecule has 1 aliphatic rings. The summed E-state index contributed by atoms with van der Waals surface area (Å²) in [7, 11) is -1.38. The van der Waals surface area contributed by atoms with Gasteiger partial charge in [-0.3, -0.25) is 4.79 Å². The Morgan fingerprint density at radius 2 is 2.00 bits per heavy atom. The molecule has 6 nitrogen and oxygen atoms in total. The van der Waals surface area contributed by atoms with Gasteiger partial charge < -0.3 is 10.2 Å². The first kappa shape index (κ1) is 18.4. The third kappa shape index (κ3) is 4.60. The molecule has 0 bridgehead atoms. The number of hydrogen-bond acceptors (Lipinski definition) is 5. The van der Waals surface area contributed by atoms with E-state index in [9.17, 15) is 13.2 Å². The standard InChI is InChI=1S/C19H23N3O3S/c1-22(17-10-12-26(24,25)14-17)19(23)18-8-7-16(13-21-18)20-11-9-15-5-3-2-4-6-15/h2-8,13,17,20H,9-12,14H2,1H3. The lowest BCUT2D eigenvalue weighted by molar-refractivity contribution is 0.0742. The second kappa shape index (κ2) is 7.86. The van der Waals surface area contributed by atoms with Crippen LogP contribution in [0.1, 0.15) is 22.5 Å². The first-order valence-corrected chi connectivity index (χ1v) is 10.5. The Morgan fingerprint density at radius 1 is 1.23 bits per heavy atom. The van der Waals surface area contributed by atoms with Gasteiger partial charge in [-0.2, -0.15) is 0 Å². The summed E-state index contributed by atoms with van der Waals surface area (Å²) in [6.45, 7) is 0.777. The van der Waals surface area contributed by atoms with Gasteiger partial charge in [-0.1, -0.05) is 30.3 Å². The van der Waals surface area contributed by atoms with Crippen LogP contribution in [0.3, 0.4) is 0 Å². The van der Waals surface area contributed by atoms with Crippen molar-refractivity contribution in [1.29, 1.82) is 0 Å². The van der Waals surface area contributed by atoms with Gasteiger partial charge >= 0.3 is 0 Å². The van der Waals surface area contributed by atoms with Gasteiger partial charge in [0, 0.05) is 19.6 Å². The molecule has 0 spiro atoms. The van der Waals surface area contributed by atoms with Gasteiger partial charge in [0.2, 0.25) is 0 Å². The minimum absolute atomic E-state index is 0.0361. The van der Waals surface area contributed by atoms with Crippen molar-refractivity contribution in [3.63, 3.8) is 0 Å². The van der Waals surface area contributed by atoms with Crippen LogP contribution in [0, 0.1) is 0 Å². The van der Waals surface area contributed by atoms with Crippen LogP contribution in [-0.2, 0) is 16.3 Å². The van der Waals surface area contributed by atoms with Crippen LogP contribution in [0.25, 0.3) is 0 Å². The van der Waals surface area contributed by atoms with E-state index >= 15 is 0 Å². The predicted molar refractivity (Wildman–Crippen MR) is 102 cm³/mol. The van der Waals surface area contributed by atoms with Gasteiger partial charge in [-0.15, -0.1) is 0 Å². The Balaban J connectivity index is 1.54. The van der Waals surface area contributed by atoms with E-state index in [1.165, 1.54) is 10.5 Å². The highest BCUT2D eigenvalue weighted by molar-refractivity contribution is 7.91. The second-order valence-corrected chi connectivity index (χ2v) is 8.80. The fourth-order valence-corrected chi connectivity index (χ4v) is 4.82. The highest BCUT2D eigenvalue weighted by Crippen LogP contribution is 2.18. The maximum Gasteiger partial charge on any atom is 0.272 e. The zero-order valence-electron chi connectivity index (χ0n) is 14.8. The third-order valence-electron chi connectivity index (χ3n) is 4.64. The van der Waals surface area contributed by atoms with Gasteiger partial charge in [0.15, 0.2) is 9.84 Å². The summed E-state index contributed by atoms with van der Waals surface area (Å²) in [4.78, 5) is 18.2. The summed E-state index contributed by atoms with van der Waals surface area (Å²) in [5.41, 5.74) is 2.43. The van der Waals surface area contributed by atoms with Crippen molar-refractivity contribution in [1.82, 2.24) is 9.88 Å². The van der Waals surface area contributed by atoms with Crippen LogP contribution in [0.4, 0.5) is 5.69 Å². The molecule has 0 aliphatic carbocycles. The Hall–Kier alpha value is -2.41. The first-order valence-electron chi connectivity index (χ1n) is 8.66. The summed E-state index contributed by atoms with van der Waals surface area (Å²) in [6, 6.07) is 13.4. The number of benzene rings is 1. The SMILES string of the molecule is CN(C(=O)c1ccc(NCCc2ccccc2)cn1)C1CCS(=O)(=O)C1. The normalized spacial score (nSPS) is 18.4. The quantitative estimate of drug-likeness (QED) is 0.838. The molecule has 1 N–H and O–H groups in total. The molecule has 26 heavy (non-hydrogen) atoms. The summed E-state index contributed by atoms with van der Waals surface area (Å²) < 4.78 is 23.2. The minimum atomic E-state index is -3.02. The van der Waals surface area contributed by atoms with Crippen LogP contribution < -0.4 is 5.32 Å². The van der Waals surface area contributed by atoms with Crippen molar-refractivity contribution in [3.05, 3.63) is 59.9 Å². The van der Waals surface area contributed by atoms with Gasteiger partial charge in [-0.25, -0.2) is 13.4 Å². The average Bonchev–Trinajstić information content (AvgIpc) is 3.02. The van der Waals surface area contributed by atoms with Gasteiger partial charge in [-0.05, 0) is 30.5 Å². The van der Waals surface area contributed by atoms with Crippen molar-refractivity contribution in [2.75, 3.05) is 30.4 Å². The third-order valence-corrected chi connectivity index (χ3v) is 6.40. The highest BCUT2D eigenvalue weighted by atomic mass is 32.2. The van der Waals surface area contributed by atoms with Crippen LogP contribution >= 0.6 is 0 Å². The lowest BCUT2D eigenvalue weighted by Crippen LogP contribution is -2.38. The minimum Gasteiger partial charge on any atom is -0.383 e. The molecule has 1 atom stereocenters. The molecule has 1 aromatic heterocycles. The van der Waals surface area contributed by atoms with Gasteiger partial charge in [0.25, 0.3) is 5.91 Å². The fourth-order valence-electron chi connectivity index (χ4n) is 3.05. The summed E-state index contributed by atoms with van der Waals surface area (Å²) in [5, 5.41) is 3.29. The second-order valence-electron chi connectivity index (χ2n) is 6.57. The van der Waals surface area contributed by atoms with Gasteiger partial charge in [0.1, 0.15) is 5.69 Å². The molecule has 1 saturated heterocycles. The number of rotatable bonds is 6. The van der Waals surface area contributed by atoms with E-state index in [1.54, 1.807) is 19.3 Å². The number of hydrogen-bond donors (Lipinski definition) is 1. The molecule has 1 aliphatic heterocycles. The molecule has 1 aromatic carbocycles. The molecule has 1 fully saturated rings. The smallest absolute Gasteiger partial charge is 0.272 e. The molecule has 138 valence electrons. The van der Waals surface area contributed by atoms with E-state index in [4.69, 9.17) is 0 Å². The summed E-state index contributed by atoms with van der Waals surface area (Å²) in [5.74, 6) is -0.0654. The Morgan fingerprint density at radius 3 is 2.62 bits per heavy atom. The number of anilines is 1. The van der Waals surface area contributed by atoms with Crippen LogP contribution in [0.5, 0.6) is 0 Å². The topological polar surface area (TPSA) is 79.4 Å². The molecule has 7 heteroatoms. The monoisotopic (exact) mass is 373 g/mol. The molecule has 1 amide bonds. The summed E-state index contributed by atoms with van der Waals surface area (Å²) in [6.07, 6.45) is 3.03. The number of amides is 1. The van der Waals surface area contributed by atoms with Crippen molar-refractivity contribution in [3.8, 4) is 0 Å². The number of carbonyl (C=O) groups is 1. The molecular formula is C19H23N3O3S. The molecule has 0 saturated carbocycles. The van der Waals surface area contributed by atoms with E-state index in [0.29, 0.717) is 12.1 Å². The Bertz CT molecular complexity index is 851. The lowest BCUT2D eigenvalue weighted by Gasteiger charge is -2.23. The van der Waals surface area contributed by atoms with Gasteiger partial charge in [0.05, 0.1) is 23.4 Å². The first-order chi connectivity index (χ1) is 12.4. The largest absolute Gasteiger partial charge is 0.383 e. The maximum absolute atomic E-state index is 12.5. The Labute approximate surface area is 154 Å². The van der Waals surface area contributed by atoms with Crippen LogP contribution in [0.15, 0.2) is 48.7 Å². The molecule has 0 radical (unpaired) electrons. The predicted octanol–water partition coefficient (Wildman–Crippen LogP) is 2.00. The molecule has 2 heterocycles. The molecular weight excluding hydrogens is 350 g/mol. The number of aromatic nitrogens is 1.